The van der Waals surface area contributed by atoms with E-state index < -0.39 is 0 Å². The topological polar surface area (TPSA) is 30.3 Å². The average Bonchev–Trinajstić information content (AvgIpc) is 3.18. The molecule has 31 heavy (non-hydrogen) atoms. The predicted molar refractivity (Wildman–Crippen MR) is 134 cm³/mol. The molecule has 158 valence electrons. The van der Waals surface area contributed by atoms with Gasteiger partial charge in [-0.3, -0.25) is 8.87 Å². The van der Waals surface area contributed by atoms with E-state index in [4.69, 9.17) is 9.72 Å². The SMILES string of the molecule is Fc1cccc(-c2cn(SI)c3ncc(-c4ccc(CN5CCOCC5)cc4)cc23)c1. The van der Waals surface area contributed by atoms with E-state index in [-0.39, 0.29) is 5.82 Å². The first-order valence-electron chi connectivity index (χ1n) is 10.2. The Hall–Kier alpha value is -1.94. The van der Waals surface area contributed by atoms with E-state index in [0.717, 1.165) is 66.1 Å². The molecule has 0 unspecified atom stereocenters. The minimum atomic E-state index is -0.236. The second kappa shape index (κ2) is 9.28. The molecule has 4 aromatic rings. The van der Waals surface area contributed by atoms with Crippen molar-refractivity contribution in [3.63, 3.8) is 0 Å². The Labute approximate surface area is 197 Å². The molecule has 0 aliphatic carbocycles. The second-order valence-electron chi connectivity index (χ2n) is 7.63. The van der Waals surface area contributed by atoms with Crippen molar-refractivity contribution in [2.75, 3.05) is 26.3 Å². The molecule has 2 aromatic carbocycles. The van der Waals surface area contributed by atoms with E-state index in [1.165, 1.54) is 11.6 Å². The monoisotopic (exact) mass is 545 g/mol. The Morgan fingerprint density at radius 1 is 1.00 bits per heavy atom. The molecule has 3 heterocycles. The van der Waals surface area contributed by atoms with Crippen LogP contribution < -0.4 is 0 Å². The average molecular weight is 545 g/mol. The molecule has 1 aliphatic heterocycles. The molecule has 0 saturated carbocycles. The molecule has 1 aliphatic rings. The van der Waals surface area contributed by atoms with Gasteiger partial charge in [-0.15, -0.1) is 0 Å². The highest BCUT2D eigenvalue weighted by Crippen LogP contribution is 2.36. The zero-order chi connectivity index (χ0) is 21.2. The number of hydrogen-bond donors (Lipinski definition) is 0. The summed E-state index contributed by atoms with van der Waals surface area (Å²) in [7, 11) is 1.55. The summed E-state index contributed by atoms with van der Waals surface area (Å²) in [6, 6.07) is 17.6. The maximum Gasteiger partial charge on any atom is 0.151 e. The number of halogens is 2. The second-order valence-corrected chi connectivity index (χ2v) is 9.34. The first kappa shape index (κ1) is 20.9. The van der Waals surface area contributed by atoms with Crippen LogP contribution in [0.5, 0.6) is 0 Å². The highest BCUT2D eigenvalue weighted by Gasteiger charge is 2.14. The normalized spacial score (nSPS) is 14.9. The van der Waals surface area contributed by atoms with Gasteiger partial charge in [-0.05, 0) is 34.9 Å². The number of nitrogens with zero attached hydrogens (tertiary/aromatic N) is 3. The molecule has 5 rings (SSSR count). The third-order valence-corrected chi connectivity index (χ3v) is 7.32. The van der Waals surface area contributed by atoms with Gasteiger partial charge in [0.15, 0.2) is 5.65 Å². The molecule has 0 radical (unpaired) electrons. The zero-order valence-electron chi connectivity index (χ0n) is 16.8. The Kier molecular flexibility index (Phi) is 6.27. The van der Waals surface area contributed by atoms with E-state index in [1.54, 1.807) is 21.3 Å². The lowest BCUT2D eigenvalue weighted by Crippen LogP contribution is -2.35. The minimum Gasteiger partial charge on any atom is -0.379 e. The summed E-state index contributed by atoms with van der Waals surface area (Å²) in [5.74, 6) is -0.236. The van der Waals surface area contributed by atoms with Crippen molar-refractivity contribution in [2.24, 2.45) is 0 Å². The van der Waals surface area contributed by atoms with Crippen LogP contribution in [0.25, 0.3) is 33.3 Å². The maximum atomic E-state index is 13.9. The van der Waals surface area contributed by atoms with Crippen molar-refractivity contribution >= 4 is 41.4 Å². The molecule has 0 amide bonds. The first-order valence-corrected chi connectivity index (χ1v) is 13.5. The van der Waals surface area contributed by atoms with E-state index in [2.05, 4.69) is 56.4 Å². The van der Waals surface area contributed by atoms with Gasteiger partial charge in [0.05, 0.1) is 13.2 Å². The highest BCUT2D eigenvalue weighted by molar-refractivity contribution is 14.2. The minimum absolute atomic E-state index is 0.236. The van der Waals surface area contributed by atoms with Crippen LogP contribution in [0.15, 0.2) is 67.0 Å². The molecule has 0 N–H and O–H groups in total. The van der Waals surface area contributed by atoms with Crippen LogP contribution in [0, 0.1) is 5.82 Å². The summed E-state index contributed by atoms with van der Waals surface area (Å²) >= 11 is 2.24. The molecule has 4 nitrogen and oxygen atoms in total. The molecule has 1 saturated heterocycles. The van der Waals surface area contributed by atoms with Gasteiger partial charge in [0.25, 0.3) is 0 Å². The van der Waals surface area contributed by atoms with Crippen LogP contribution in [0.3, 0.4) is 0 Å². The summed E-state index contributed by atoms with van der Waals surface area (Å²) in [5.41, 5.74) is 6.20. The van der Waals surface area contributed by atoms with E-state index in [9.17, 15) is 4.39 Å². The molecule has 1 fully saturated rings. The van der Waals surface area contributed by atoms with Gasteiger partial charge >= 0.3 is 0 Å². The lowest BCUT2D eigenvalue weighted by Gasteiger charge is -2.26. The summed E-state index contributed by atoms with van der Waals surface area (Å²) in [4.78, 5) is 7.15. The lowest BCUT2D eigenvalue weighted by atomic mass is 10.0. The van der Waals surface area contributed by atoms with Crippen LogP contribution in [0.4, 0.5) is 4.39 Å². The van der Waals surface area contributed by atoms with Crippen LogP contribution in [-0.2, 0) is 11.3 Å². The maximum absolute atomic E-state index is 13.9. The van der Waals surface area contributed by atoms with Gasteiger partial charge in [-0.25, -0.2) is 9.37 Å². The van der Waals surface area contributed by atoms with E-state index >= 15 is 0 Å². The summed E-state index contributed by atoms with van der Waals surface area (Å²) < 4.78 is 21.3. The van der Waals surface area contributed by atoms with Crippen molar-refractivity contribution in [3.05, 3.63) is 78.4 Å². The summed E-state index contributed by atoms with van der Waals surface area (Å²) in [5, 5.41) is 1.02. The largest absolute Gasteiger partial charge is 0.379 e. The Morgan fingerprint density at radius 3 is 2.55 bits per heavy atom. The number of ether oxygens (including phenoxy) is 1. The lowest BCUT2D eigenvalue weighted by molar-refractivity contribution is 0.0342. The van der Waals surface area contributed by atoms with Crippen molar-refractivity contribution < 1.29 is 9.13 Å². The van der Waals surface area contributed by atoms with Gasteiger partial charge in [0.2, 0.25) is 0 Å². The number of morpholine rings is 1. The predicted octanol–water partition coefficient (Wildman–Crippen LogP) is 6.19. The zero-order valence-corrected chi connectivity index (χ0v) is 19.8. The molecule has 0 bridgehead atoms. The quantitative estimate of drug-likeness (QED) is 0.280. The van der Waals surface area contributed by atoms with Gasteiger partial charge in [-0.2, -0.15) is 0 Å². The number of rotatable bonds is 5. The third kappa shape index (κ3) is 4.50. The van der Waals surface area contributed by atoms with E-state index in [1.807, 2.05) is 22.4 Å². The molecule has 0 atom stereocenters. The standard InChI is InChI=1S/C24H21FIN3OS/c25-21-3-1-2-19(12-21)23-16-29(31-26)24-22(23)13-20(14-27-24)18-6-4-17(5-7-18)15-28-8-10-30-11-9-28/h1-7,12-14,16H,8-11,15H2. The molecule has 7 heteroatoms. The Balaban J connectivity index is 1.48. The summed E-state index contributed by atoms with van der Waals surface area (Å²) in [6.45, 7) is 4.54. The smallest absolute Gasteiger partial charge is 0.151 e. The number of hydrogen-bond acceptors (Lipinski definition) is 4. The fourth-order valence-electron chi connectivity index (χ4n) is 4.00. The number of aromatic nitrogens is 2. The van der Waals surface area contributed by atoms with Gasteiger partial charge in [-0.1, -0.05) is 36.4 Å². The molecule has 0 spiro atoms. The highest BCUT2D eigenvalue weighted by atomic mass is 127. The Morgan fingerprint density at radius 2 is 1.81 bits per heavy atom. The van der Waals surface area contributed by atoms with Crippen LogP contribution in [0.1, 0.15) is 5.56 Å². The number of benzene rings is 2. The Bertz CT molecular complexity index is 1210. The third-order valence-electron chi connectivity index (χ3n) is 5.62. The van der Waals surface area contributed by atoms with Crippen molar-refractivity contribution in [1.29, 1.82) is 0 Å². The fourth-order valence-corrected chi connectivity index (χ4v) is 5.25. The van der Waals surface area contributed by atoms with Gasteiger partial charge < -0.3 is 4.74 Å². The number of pyridine rings is 1. The number of fused-ring (bicyclic) bond motifs is 1. The fraction of sp³-hybridized carbons (Fsp3) is 0.208. The first-order chi connectivity index (χ1) is 15.2. The molecule has 2 aromatic heterocycles. The summed E-state index contributed by atoms with van der Waals surface area (Å²) in [6.07, 6.45) is 3.94. The van der Waals surface area contributed by atoms with Gasteiger partial charge in [0, 0.05) is 78.9 Å². The van der Waals surface area contributed by atoms with E-state index in [0.29, 0.717) is 0 Å². The molecular formula is C24H21FIN3OS. The van der Waals surface area contributed by atoms with Crippen LogP contribution in [-0.4, -0.2) is 40.2 Å². The molecular weight excluding hydrogens is 524 g/mol. The van der Waals surface area contributed by atoms with Gasteiger partial charge in [0.1, 0.15) is 5.82 Å². The van der Waals surface area contributed by atoms with Crippen molar-refractivity contribution in [3.8, 4) is 22.3 Å². The van der Waals surface area contributed by atoms with Crippen LogP contribution >= 0.6 is 30.3 Å². The van der Waals surface area contributed by atoms with Crippen molar-refractivity contribution in [1.82, 2.24) is 13.9 Å². The van der Waals surface area contributed by atoms with Crippen LogP contribution in [0.2, 0.25) is 0 Å². The van der Waals surface area contributed by atoms with Crippen molar-refractivity contribution in [2.45, 2.75) is 6.54 Å².